The lowest BCUT2D eigenvalue weighted by molar-refractivity contribution is -0.122. The van der Waals surface area contributed by atoms with E-state index in [2.05, 4.69) is 5.32 Å². The maximum Gasteiger partial charge on any atom is 0.221 e. The predicted octanol–water partition coefficient (Wildman–Crippen LogP) is 2.45. The smallest absolute Gasteiger partial charge is 0.221 e. The number of carbonyl (C=O) groups is 1. The average molecular weight is 319 g/mol. The topological polar surface area (TPSA) is 64.3 Å². The molecule has 0 saturated heterocycles. The van der Waals surface area contributed by atoms with E-state index in [1.807, 2.05) is 38.1 Å². The molecule has 6 heteroatoms. The molecule has 0 spiro atoms. The molecule has 1 amide bonds. The van der Waals surface area contributed by atoms with Gasteiger partial charge in [-0.25, -0.2) is 0 Å². The fourth-order valence-corrected chi connectivity index (χ4v) is 2.28. The van der Waals surface area contributed by atoms with Crippen molar-refractivity contribution in [2.24, 2.45) is 5.73 Å². The van der Waals surface area contributed by atoms with Crippen molar-refractivity contribution >= 4 is 30.1 Å². The second kappa shape index (κ2) is 9.10. The molecule has 0 radical (unpaired) electrons. The van der Waals surface area contributed by atoms with Gasteiger partial charge in [-0.15, -0.1) is 24.2 Å². The van der Waals surface area contributed by atoms with Crippen LogP contribution in [0.3, 0.4) is 0 Å². The number of carbonyl (C=O) groups excluding carboxylic acids is 1. The highest BCUT2D eigenvalue weighted by Gasteiger charge is 2.17. The van der Waals surface area contributed by atoms with Crippen LogP contribution in [0, 0.1) is 0 Å². The predicted molar refractivity (Wildman–Crippen MR) is 86.9 cm³/mol. The Bertz CT molecular complexity index is 410. The van der Waals surface area contributed by atoms with Crippen molar-refractivity contribution in [3.8, 4) is 5.75 Å². The summed E-state index contributed by atoms with van der Waals surface area (Å²) in [6.45, 7) is 4.27. The third-order valence-electron chi connectivity index (χ3n) is 2.65. The first kappa shape index (κ1) is 19.1. The van der Waals surface area contributed by atoms with Crippen LogP contribution in [0.5, 0.6) is 5.75 Å². The molecule has 0 unspecified atom stereocenters. The molecule has 3 N–H and O–H groups in total. The molecular weight excluding hydrogens is 296 g/mol. The van der Waals surface area contributed by atoms with E-state index in [0.717, 1.165) is 16.4 Å². The van der Waals surface area contributed by atoms with Gasteiger partial charge in [-0.1, -0.05) is 0 Å². The maximum absolute atomic E-state index is 11.7. The van der Waals surface area contributed by atoms with Crippen LogP contribution in [-0.4, -0.2) is 30.9 Å². The Hall–Kier alpha value is -0.910. The summed E-state index contributed by atoms with van der Waals surface area (Å²) in [4.78, 5) is 12.8. The normalized spacial score (nSPS) is 10.6. The summed E-state index contributed by atoms with van der Waals surface area (Å²) in [7, 11) is 1.64. The van der Waals surface area contributed by atoms with Crippen molar-refractivity contribution in [2.45, 2.75) is 30.7 Å². The van der Waals surface area contributed by atoms with E-state index >= 15 is 0 Å². The van der Waals surface area contributed by atoms with Crippen LogP contribution in [0.25, 0.3) is 0 Å². The van der Waals surface area contributed by atoms with E-state index in [0.29, 0.717) is 13.0 Å². The lowest BCUT2D eigenvalue weighted by Gasteiger charge is -2.24. The lowest BCUT2D eigenvalue weighted by atomic mass is 10.1. The third kappa shape index (κ3) is 7.03. The molecule has 0 saturated carbocycles. The van der Waals surface area contributed by atoms with Crippen molar-refractivity contribution in [1.29, 1.82) is 0 Å². The molecule has 0 heterocycles. The summed E-state index contributed by atoms with van der Waals surface area (Å²) in [6, 6.07) is 7.82. The number of ether oxygens (including phenoxy) is 1. The first-order valence-electron chi connectivity index (χ1n) is 6.25. The number of amides is 1. The van der Waals surface area contributed by atoms with Gasteiger partial charge in [-0.3, -0.25) is 4.79 Å². The zero-order valence-corrected chi connectivity index (χ0v) is 13.8. The number of thioether (sulfide) groups is 1. The molecule has 0 fully saturated rings. The quantitative estimate of drug-likeness (QED) is 0.758. The lowest BCUT2D eigenvalue weighted by Crippen LogP contribution is -2.48. The van der Waals surface area contributed by atoms with Gasteiger partial charge in [0.1, 0.15) is 5.75 Å². The van der Waals surface area contributed by atoms with Crippen molar-refractivity contribution in [3.05, 3.63) is 24.3 Å². The molecule has 1 aromatic rings. The van der Waals surface area contributed by atoms with Crippen molar-refractivity contribution < 1.29 is 9.53 Å². The van der Waals surface area contributed by atoms with Crippen LogP contribution in [0.4, 0.5) is 0 Å². The van der Waals surface area contributed by atoms with E-state index in [-0.39, 0.29) is 23.9 Å². The number of rotatable bonds is 7. The molecule has 0 bridgehead atoms. The van der Waals surface area contributed by atoms with Crippen LogP contribution < -0.4 is 15.8 Å². The number of nitrogens with one attached hydrogen (secondary N) is 1. The van der Waals surface area contributed by atoms with Gasteiger partial charge in [0.25, 0.3) is 0 Å². The second-order valence-electron chi connectivity index (χ2n) is 4.91. The maximum atomic E-state index is 11.7. The van der Waals surface area contributed by atoms with Gasteiger partial charge < -0.3 is 15.8 Å². The van der Waals surface area contributed by atoms with Gasteiger partial charge in [0, 0.05) is 29.2 Å². The molecule has 4 nitrogen and oxygen atoms in total. The number of methoxy groups -OCH3 is 1. The Morgan fingerprint density at radius 2 is 1.95 bits per heavy atom. The number of hydrogen-bond donors (Lipinski definition) is 2. The van der Waals surface area contributed by atoms with Crippen LogP contribution in [0.2, 0.25) is 0 Å². The minimum absolute atomic E-state index is 0. The number of benzene rings is 1. The zero-order chi connectivity index (χ0) is 14.3. The van der Waals surface area contributed by atoms with E-state index in [1.54, 1.807) is 18.9 Å². The van der Waals surface area contributed by atoms with E-state index in [4.69, 9.17) is 10.5 Å². The minimum Gasteiger partial charge on any atom is -0.497 e. The molecule has 0 atom stereocenters. The van der Waals surface area contributed by atoms with Gasteiger partial charge in [-0.05, 0) is 38.1 Å². The second-order valence-corrected chi connectivity index (χ2v) is 6.08. The molecule has 1 rings (SSSR count). The summed E-state index contributed by atoms with van der Waals surface area (Å²) < 4.78 is 5.09. The molecular formula is C14H23ClN2O2S. The summed E-state index contributed by atoms with van der Waals surface area (Å²) in [5.41, 5.74) is 5.24. The standard InChI is InChI=1S/C14H22N2O2S.ClH/c1-14(2,10-15)16-13(17)8-9-19-12-6-4-11(18-3)5-7-12;/h4-7H,8-10,15H2,1-3H3,(H,16,17);1H. The minimum atomic E-state index is -0.331. The fourth-order valence-electron chi connectivity index (χ4n) is 1.42. The Labute approximate surface area is 131 Å². The molecule has 114 valence electrons. The van der Waals surface area contributed by atoms with E-state index in [9.17, 15) is 4.79 Å². The summed E-state index contributed by atoms with van der Waals surface area (Å²) >= 11 is 1.65. The highest BCUT2D eigenvalue weighted by atomic mass is 35.5. The first-order chi connectivity index (χ1) is 8.96. The highest BCUT2D eigenvalue weighted by molar-refractivity contribution is 7.99. The number of hydrogen-bond acceptors (Lipinski definition) is 4. The molecule has 0 aromatic heterocycles. The van der Waals surface area contributed by atoms with Gasteiger partial charge in [0.05, 0.1) is 7.11 Å². The molecule has 20 heavy (non-hydrogen) atoms. The van der Waals surface area contributed by atoms with Gasteiger partial charge >= 0.3 is 0 Å². The van der Waals surface area contributed by atoms with Crippen LogP contribution in [-0.2, 0) is 4.79 Å². The fraction of sp³-hybridized carbons (Fsp3) is 0.500. The molecule has 0 aliphatic rings. The van der Waals surface area contributed by atoms with Gasteiger partial charge in [0.15, 0.2) is 0 Å². The highest BCUT2D eigenvalue weighted by Crippen LogP contribution is 2.21. The Morgan fingerprint density at radius 1 is 1.35 bits per heavy atom. The Morgan fingerprint density at radius 3 is 2.45 bits per heavy atom. The van der Waals surface area contributed by atoms with E-state index in [1.165, 1.54) is 0 Å². The number of nitrogens with two attached hydrogens (primary N) is 1. The molecule has 1 aromatic carbocycles. The average Bonchev–Trinajstić information content (AvgIpc) is 2.39. The molecule has 0 aliphatic carbocycles. The van der Waals surface area contributed by atoms with Crippen molar-refractivity contribution in [3.63, 3.8) is 0 Å². The van der Waals surface area contributed by atoms with Gasteiger partial charge in [-0.2, -0.15) is 0 Å². The van der Waals surface area contributed by atoms with Gasteiger partial charge in [0.2, 0.25) is 5.91 Å². The van der Waals surface area contributed by atoms with Crippen molar-refractivity contribution in [1.82, 2.24) is 5.32 Å². The van der Waals surface area contributed by atoms with E-state index < -0.39 is 0 Å². The first-order valence-corrected chi connectivity index (χ1v) is 7.23. The summed E-state index contributed by atoms with van der Waals surface area (Å²) in [5, 5.41) is 2.91. The van der Waals surface area contributed by atoms with Crippen LogP contribution in [0.15, 0.2) is 29.2 Å². The summed E-state index contributed by atoms with van der Waals surface area (Å²) in [5.74, 6) is 1.63. The monoisotopic (exact) mass is 318 g/mol. The van der Waals surface area contributed by atoms with Crippen LogP contribution >= 0.6 is 24.2 Å². The Kier molecular flexibility index (Phi) is 8.69. The zero-order valence-electron chi connectivity index (χ0n) is 12.1. The Balaban J connectivity index is 0.00000361. The largest absolute Gasteiger partial charge is 0.497 e. The van der Waals surface area contributed by atoms with Crippen molar-refractivity contribution in [2.75, 3.05) is 19.4 Å². The summed E-state index contributed by atoms with van der Waals surface area (Å²) in [6.07, 6.45) is 0.486. The third-order valence-corrected chi connectivity index (χ3v) is 3.66. The molecule has 0 aliphatic heterocycles. The SMILES string of the molecule is COc1ccc(SCCC(=O)NC(C)(C)CN)cc1.Cl. The number of halogens is 1. The van der Waals surface area contributed by atoms with Crippen LogP contribution in [0.1, 0.15) is 20.3 Å².